The van der Waals surface area contributed by atoms with Crippen molar-refractivity contribution >= 4 is 23.7 Å². The molecule has 16 heavy (non-hydrogen) atoms. The summed E-state index contributed by atoms with van der Waals surface area (Å²) in [6.07, 6.45) is 1.16. The number of thioether (sulfide) groups is 1. The largest absolute Gasteiger partial charge is 0.469 e. The highest BCUT2D eigenvalue weighted by molar-refractivity contribution is 7.99. The molecule has 0 aliphatic rings. The van der Waals surface area contributed by atoms with Crippen LogP contribution in [0.3, 0.4) is 0 Å². The van der Waals surface area contributed by atoms with Crippen LogP contribution in [0.25, 0.3) is 0 Å². The number of carbonyl (C=O) groups is 2. The zero-order valence-corrected chi connectivity index (χ0v) is 10.6. The van der Waals surface area contributed by atoms with Crippen molar-refractivity contribution in [3.63, 3.8) is 0 Å². The van der Waals surface area contributed by atoms with Gasteiger partial charge in [-0.15, -0.1) is 0 Å². The Hall–Kier alpha value is -0.970. The summed E-state index contributed by atoms with van der Waals surface area (Å²) in [6, 6.07) is 0. The summed E-state index contributed by atoms with van der Waals surface area (Å²) in [5.41, 5.74) is 0.463. The molecule has 0 unspecified atom stereocenters. The molecule has 0 N–H and O–H groups in total. The second-order valence-corrected chi connectivity index (χ2v) is 4.16. The summed E-state index contributed by atoms with van der Waals surface area (Å²) in [7, 11) is 1.37. The maximum atomic E-state index is 11.2. The van der Waals surface area contributed by atoms with Crippen LogP contribution in [-0.4, -0.2) is 37.2 Å². The second kappa shape index (κ2) is 9.27. The van der Waals surface area contributed by atoms with Crippen LogP contribution < -0.4 is 0 Å². The molecule has 92 valence electrons. The molecule has 0 aromatic heterocycles. The predicted octanol–water partition coefficient (Wildman–Crippen LogP) is 1.79. The van der Waals surface area contributed by atoms with E-state index in [9.17, 15) is 9.59 Å². The van der Waals surface area contributed by atoms with Crippen LogP contribution in [0.2, 0.25) is 0 Å². The summed E-state index contributed by atoms with van der Waals surface area (Å²) >= 11 is 1.56. The Labute approximate surface area is 100 Å². The van der Waals surface area contributed by atoms with Crippen molar-refractivity contribution in [1.29, 1.82) is 0 Å². The lowest BCUT2D eigenvalue weighted by Gasteiger charge is -2.04. The van der Waals surface area contributed by atoms with Gasteiger partial charge >= 0.3 is 11.9 Å². The van der Waals surface area contributed by atoms with Crippen molar-refractivity contribution < 1.29 is 19.1 Å². The average Bonchev–Trinajstić information content (AvgIpc) is 2.28. The van der Waals surface area contributed by atoms with Gasteiger partial charge in [-0.25, -0.2) is 4.79 Å². The molecule has 4 nitrogen and oxygen atoms in total. The Morgan fingerprint density at radius 1 is 1.38 bits per heavy atom. The topological polar surface area (TPSA) is 52.6 Å². The minimum Gasteiger partial charge on any atom is -0.469 e. The third kappa shape index (κ3) is 7.34. The number of esters is 2. The Balaban J connectivity index is 3.48. The van der Waals surface area contributed by atoms with E-state index >= 15 is 0 Å². The highest BCUT2D eigenvalue weighted by Crippen LogP contribution is 2.10. The van der Waals surface area contributed by atoms with Crippen LogP contribution in [0.5, 0.6) is 0 Å². The highest BCUT2D eigenvalue weighted by atomic mass is 32.2. The molecule has 0 aromatic rings. The summed E-state index contributed by atoms with van der Waals surface area (Å²) in [5.74, 6) is 0.792. The van der Waals surface area contributed by atoms with E-state index in [1.165, 1.54) is 7.11 Å². The molecule has 0 spiro atoms. The predicted molar refractivity (Wildman–Crippen MR) is 64.3 cm³/mol. The molecule has 0 atom stereocenters. The first-order chi connectivity index (χ1) is 7.61. The van der Waals surface area contributed by atoms with Gasteiger partial charge in [0.05, 0.1) is 13.7 Å². The van der Waals surface area contributed by atoms with Gasteiger partial charge in [0.1, 0.15) is 0 Å². The van der Waals surface area contributed by atoms with E-state index in [-0.39, 0.29) is 11.9 Å². The average molecular weight is 246 g/mol. The molecule has 0 bridgehead atoms. The quantitative estimate of drug-likeness (QED) is 0.371. The van der Waals surface area contributed by atoms with E-state index in [1.807, 2.05) is 0 Å². The fraction of sp³-hybridized carbons (Fsp3) is 0.636. The van der Waals surface area contributed by atoms with E-state index in [2.05, 4.69) is 11.3 Å². The van der Waals surface area contributed by atoms with Gasteiger partial charge in [-0.1, -0.05) is 6.58 Å². The van der Waals surface area contributed by atoms with Crippen LogP contribution in [0.15, 0.2) is 12.2 Å². The van der Waals surface area contributed by atoms with Crippen molar-refractivity contribution in [2.24, 2.45) is 0 Å². The molecule has 0 aliphatic carbocycles. The summed E-state index contributed by atoms with van der Waals surface area (Å²) in [5, 5.41) is 0. The molecule has 0 radical (unpaired) electrons. The van der Waals surface area contributed by atoms with Crippen molar-refractivity contribution in [2.75, 3.05) is 25.2 Å². The lowest BCUT2D eigenvalue weighted by atomic mass is 10.3. The van der Waals surface area contributed by atoms with E-state index in [0.717, 1.165) is 12.2 Å². The first-order valence-corrected chi connectivity index (χ1v) is 6.26. The van der Waals surface area contributed by atoms with Gasteiger partial charge in [-0.2, -0.15) is 11.8 Å². The zero-order chi connectivity index (χ0) is 12.4. The summed E-state index contributed by atoms with van der Waals surface area (Å²) in [6.45, 7) is 5.76. The molecule has 5 heteroatoms. The van der Waals surface area contributed by atoms with Gasteiger partial charge in [-0.05, 0) is 19.1 Å². The SMILES string of the molecule is C=C(CSCCCC(=O)OC)C(=O)OCC. The molecular formula is C11H18O4S. The standard InChI is InChI=1S/C11H18O4S/c1-4-15-11(13)9(2)8-16-7-5-6-10(12)14-3/h2,4-8H2,1,3H3. The second-order valence-electron chi connectivity index (χ2n) is 3.06. The first kappa shape index (κ1) is 15.0. The maximum Gasteiger partial charge on any atom is 0.334 e. The van der Waals surface area contributed by atoms with Gasteiger partial charge in [0.2, 0.25) is 0 Å². The highest BCUT2D eigenvalue weighted by Gasteiger charge is 2.07. The van der Waals surface area contributed by atoms with Gasteiger partial charge in [0, 0.05) is 17.7 Å². The zero-order valence-electron chi connectivity index (χ0n) is 9.78. The molecule has 0 aliphatic heterocycles. The fourth-order valence-corrected chi connectivity index (χ4v) is 1.77. The molecule has 0 amide bonds. The molecule has 0 saturated heterocycles. The van der Waals surface area contributed by atoms with E-state index in [4.69, 9.17) is 4.74 Å². The minimum atomic E-state index is -0.344. The Kier molecular flexibility index (Phi) is 8.71. The molecule has 0 fully saturated rings. The molecule has 0 saturated carbocycles. The normalized spacial score (nSPS) is 9.62. The fourth-order valence-electron chi connectivity index (χ4n) is 0.908. The maximum absolute atomic E-state index is 11.2. The van der Waals surface area contributed by atoms with Crippen LogP contribution in [-0.2, 0) is 19.1 Å². The Bertz CT molecular complexity index is 250. The number of methoxy groups -OCH3 is 1. The smallest absolute Gasteiger partial charge is 0.334 e. The van der Waals surface area contributed by atoms with Crippen LogP contribution >= 0.6 is 11.8 Å². The van der Waals surface area contributed by atoms with Crippen LogP contribution in [0.4, 0.5) is 0 Å². The third-order valence-electron chi connectivity index (χ3n) is 1.74. The monoisotopic (exact) mass is 246 g/mol. The summed E-state index contributed by atoms with van der Waals surface area (Å²) < 4.78 is 9.30. The van der Waals surface area contributed by atoms with Gasteiger partial charge in [0.25, 0.3) is 0 Å². The third-order valence-corrected chi connectivity index (χ3v) is 2.87. The number of carbonyl (C=O) groups excluding carboxylic acids is 2. The molecule has 0 heterocycles. The van der Waals surface area contributed by atoms with E-state index < -0.39 is 0 Å². The van der Waals surface area contributed by atoms with E-state index in [0.29, 0.717) is 24.4 Å². The first-order valence-electron chi connectivity index (χ1n) is 5.11. The Morgan fingerprint density at radius 2 is 2.06 bits per heavy atom. The van der Waals surface area contributed by atoms with Crippen molar-refractivity contribution in [3.8, 4) is 0 Å². The molecule has 0 aromatic carbocycles. The van der Waals surface area contributed by atoms with Crippen LogP contribution in [0, 0.1) is 0 Å². The number of hydrogen-bond donors (Lipinski definition) is 0. The van der Waals surface area contributed by atoms with Gasteiger partial charge in [0.15, 0.2) is 0 Å². The number of ether oxygens (including phenoxy) is 2. The lowest BCUT2D eigenvalue weighted by Crippen LogP contribution is -2.08. The van der Waals surface area contributed by atoms with Gasteiger partial charge < -0.3 is 9.47 Å². The summed E-state index contributed by atoms with van der Waals surface area (Å²) in [4.78, 5) is 21.9. The molecule has 0 rings (SSSR count). The van der Waals surface area contributed by atoms with Crippen molar-refractivity contribution in [2.45, 2.75) is 19.8 Å². The van der Waals surface area contributed by atoms with E-state index in [1.54, 1.807) is 18.7 Å². The Morgan fingerprint density at radius 3 is 2.62 bits per heavy atom. The molecular weight excluding hydrogens is 228 g/mol. The lowest BCUT2D eigenvalue weighted by molar-refractivity contribution is -0.140. The van der Waals surface area contributed by atoms with Crippen LogP contribution in [0.1, 0.15) is 19.8 Å². The minimum absolute atomic E-state index is 0.204. The van der Waals surface area contributed by atoms with Gasteiger partial charge in [-0.3, -0.25) is 4.79 Å². The number of hydrogen-bond acceptors (Lipinski definition) is 5. The van der Waals surface area contributed by atoms with Crippen molar-refractivity contribution in [1.82, 2.24) is 0 Å². The van der Waals surface area contributed by atoms with Crippen molar-refractivity contribution in [3.05, 3.63) is 12.2 Å². The number of rotatable bonds is 8.